The van der Waals surface area contributed by atoms with Crippen LogP contribution in [0.5, 0.6) is 5.75 Å². The van der Waals surface area contributed by atoms with Gasteiger partial charge in [0.25, 0.3) is 5.91 Å². The second-order valence-electron chi connectivity index (χ2n) is 6.52. The molecule has 0 aliphatic carbocycles. The minimum atomic E-state index is -0.544. The highest BCUT2D eigenvalue weighted by Gasteiger charge is 2.42. The van der Waals surface area contributed by atoms with Crippen molar-refractivity contribution in [3.8, 4) is 5.75 Å². The quantitative estimate of drug-likeness (QED) is 0.777. The maximum atomic E-state index is 13.2. The lowest BCUT2D eigenvalue weighted by atomic mass is 9.98. The van der Waals surface area contributed by atoms with Gasteiger partial charge < -0.3 is 14.4 Å². The van der Waals surface area contributed by atoms with E-state index in [-0.39, 0.29) is 22.8 Å². The topological polar surface area (TPSA) is 70.8 Å². The van der Waals surface area contributed by atoms with Gasteiger partial charge in [-0.1, -0.05) is 37.6 Å². The van der Waals surface area contributed by atoms with Crippen LogP contribution in [0.4, 0.5) is 0 Å². The Morgan fingerprint density at radius 1 is 1.12 bits per heavy atom. The molecular weight excluding hydrogens is 330 g/mol. The second kappa shape index (κ2) is 6.33. The molecule has 1 aliphatic heterocycles. The predicted octanol–water partition coefficient (Wildman–Crippen LogP) is 3.84. The summed E-state index contributed by atoms with van der Waals surface area (Å²) in [6, 6.07) is 13.1. The molecule has 1 atom stereocenters. The van der Waals surface area contributed by atoms with Gasteiger partial charge in [-0.05, 0) is 36.2 Å². The molecular formula is C21H19NO4. The number of aromatic hydroxyl groups is 1. The van der Waals surface area contributed by atoms with E-state index in [4.69, 9.17) is 4.42 Å². The fourth-order valence-electron chi connectivity index (χ4n) is 3.57. The van der Waals surface area contributed by atoms with Gasteiger partial charge in [0.15, 0.2) is 5.43 Å². The third-order valence-electron chi connectivity index (χ3n) is 4.81. The number of carbonyl (C=O) groups excluding carboxylic acids is 1. The number of nitrogens with zero attached hydrogens (tertiary/aromatic N) is 1. The lowest BCUT2D eigenvalue weighted by Crippen LogP contribution is -2.30. The molecule has 0 saturated heterocycles. The van der Waals surface area contributed by atoms with Gasteiger partial charge in [-0.2, -0.15) is 0 Å². The smallest absolute Gasteiger partial charge is 0.290 e. The van der Waals surface area contributed by atoms with Crippen molar-refractivity contribution < 1.29 is 14.3 Å². The monoisotopic (exact) mass is 349 g/mol. The molecule has 0 spiro atoms. The minimum absolute atomic E-state index is 0.101. The summed E-state index contributed by atoms with van der Waals surface area (Å²) >= 11 is 0. The van der Waals surface area contributed by atoms with E-state index in [1.165, 1.54) is 0 Å². The summed E-state index contributed by atoms with van der Waals surface area (Å²) in [6.45, 7) is 2.57. The maximum Gasteiger partial charge on any atom is 0.290 e. The molecule has 5 heteroatoms. The van der Waals surface area contributed by atoms with Crippen molar-refractivity contribution in [2.24, 2.45) is 0 Å². The van der Waals surface area contributed by atoms with Crippen molar-refractivity contribution in [1.29, 1.82) is 0 Å². The van der Waals surface area contributed by atoms with Crippen LogP contribution in [0.25, 0.3) is 11.0 Å². The van der Waals surface area contributed by atoms with E-state index in [0.717, 1.165) is 12.8 Å². The van der Waals surface area contributed by atoms with Gasteiger partial charge in [0.2, 0.25) is 5.76 Å². The molecule has 2 aromatic carbocycles. The summed E-state index contributed by atoms with van der Waals surface area (Å²) < 4.78 is 5.84. The number of phenolic OH excluding ortho intramolecular Hbond substituents is 1. The molecule has 0 radical (unpaired) electrons. The number of para-hydroxylation sites is 1. The third-order valence-corrected chi connectivity index (χ3v) is 4.81. The zero-order valence-corrected chi connectivity index (χ0v) is 14.4. The number of fused-ring (bicyclic) bond motifs is 2. The van der Waals surface area contributed by atoms with Crippen LogP contribution in [0, 0.1) is 0 Å². The van der Waals surface area contributed by atoms with E-state index < -0.39 is 6.04 Å². The first-order chi connectivity index (χ1) is 12.6. The van der Waals surface area contributed by atoms with Gasteiger partial charge in [-0.25, -0.2) is 0 Å². The average Bonchev–Trinajstić information content (AvgIpc) is 2.93. The normalized spacial score (nSPS) is 16.3. The van der Waals surface area contributed by atoms with Crippen molar-refractivity contribution in [2.75, 3.05) is 6.54 Å². The van der Waals surface area contributed by atoms with E-state index in [1.807, 2.05) is 6.07 Å². The summed E-state index contributed by atoms with van der Waals surface area (Å²) in [4.78, 5) is 27.8. The van der Waals surface area contributed by atoms with Crippen LogP contribution in [0.2, 0.25) is 0 Å². The number of benzene rings is 2. The Hall–Kier alpha value is -3.08. The van der Waals surface area contributed by atoms with Gasteiger partial charge in [0.05, 0.1) is 17.0 Å². The van der Waals surface area contributed by atoms with E-state index in [0.29, 0.717) is 28.6 Å². The van der Waals surface area contributed by atoms with Crippen molar-refractivity contribution in [3.63, 3.8) is 0 Å². The summed E-state index contributed by atoms with van der Waals surface area (Å²) in [6.07, 6.45) is 1.75. The van der Waals surface area contributed by atoms with Crippen molar-refractivity contribution >= 4 is 16.9 Å². The van der Waals surface area contributed by atoms with Crippen LogP contribution < -0.4 is 5.43 Å². The number of hydrogen-bond donors (Lipinski definition) is 1. The molecule has 5 nitrogen and oxygen atoms in total. The van der Waals surface area contributed by atoms with Crippen molar-refractivity contribution in [1.82, 2.24) is 4.90 Å². The Bertz CT molecular complexity index is 1050. The molecule has 4 rings (SSSR count). The predicted molar refractivity (Wildman–Crippen MR) is 98.4 cm³/mol. The molecule has 2 heterocycles. The van der Waals surface area contributed by atoms with E-state index in [9.17, 15) is 14.7 Å². The molecule has 0 fully saturated rings. The minimum Gasteiger partial charge on any atom is -0.508 e. The molecule has 0 bridgehead atoms. The fourth-order valence-corrected chi connectivity index (χ4v) is 3.57. The SMILES string of the molecule is CCCCN1C(=O)c2oc3ccccc3c(=O)c2[C@H]1c1cccc(O)c1. The Morgan fingerprint density at radius 2 is 1.92 bits per heavy atom. The fraction of sp³-hybridized carbons (Fsp3) is 0.238. The summed E-state index contributed by atoms with van der Waals surface area (Å²) in [5.41, 5.74) is 1.28. The number of rotatable bonds is 4. The molecule has 26 heavy (non-hydrogen) atoms. The highest BCUT2D eigenvalue weighted by atomic mass is 16.3. The van der Waals surface area contributed by atoms with Crippen LogP contribution in [0.3, 0.4) is 0 Å². The number of hydrogen-bond acceptors (Lipinski definition) is 4. The summed E-state index contributed by atoms with van der Waals surface area (Å²) in [5, 5.41) is 10.3. The Kier molecular flexibility index (Phi) is 3.99. The van der Waals surface area contributed by atoms with E-state index in [2.05, 4.69) is 6.92 Å². The summed E-state index contributed by atoms with van der Waals surface area (Å²) in [5.74, 6) is -0.0631. The standard InChI is InChI=1S/C21H19NO4/c1-2-3-11-22-18(13-7-6-8-14(23)12-13)17-19(24)15-9-4-5-10-16(15)26-20(17)21(22)25/h4-10,12,18,23H,2-3,11H2,1H3/t18-/m1/s1. The highest BCUT2D eigenvalue weighted by molar-refractivity contribution is 5.99. The number of unbranched alkanes of at least 4 members (excludes halogenated alkanes) is 1. The second-order valence-corrected chi connectivity index (χ2v) is 6.52. The van der Waals surface area contributed by atoms with Gasteiger partial charge in [-0.15, -0.1) is 0 Å². The van der Waals surface area contributed by atoms with Crippen LogP contribution in [-0.4, -0.2) is 22.5 Å². The van der Waals surface area contributed by atoms with Gasteiger partial charge in [-0.3, -0.25) is 9.59 Å². The van der Waals surface area contributed by atoms with Gasteiger partial charge in [0, 0.05) is 6.54 Å². The first-order valence-corrected chi connectivity index (χ1v) is 8.77. The third kappa shape index (κ3) is 2.47. The molecule has 1 amide bonds. The van der Waals surface area contributed by atoms with E-state index >= 15 is 0 Å². The van der Waals surface area contributed by atoms with Crippen LogP contribution in [-0.2, 0) is 0 Å². The Labute approximate surface area is 150 Å². The molecule has 3 aromatic rings. The number of amides is 1. The molecule has 0 saturated carbocycles. The van der Waals surface area contributed by atoms with Crippen molar-refractivity contribution in [3.05, 3.63) is 75.6 Å². The molecule has 1 aliphatic rings. The molecule has 1 aromatic heterocycles. The molecule has 1 N–H and O–H groups in total. The Morgan fingerprint density at radius 3 is 2.69 bits per heavy atom. The maximum absolute atomic E-state index is 13.2. The largest absolute Gasteiger partial charge is 0.508 e. The first-order valence-electron chi connectivity index (χ1n) is 8.77. The van der Waals surface area contributed by atoms with Crippen LogP contribution >= 0.6 is 0 Å². The van der Waals surface area contributed by atoms with Crippen LogP contribution in [0.15, 0.2) is 57.7 Å². The highest BCUT2D eigenvalue weighted by Crippen LogP contribution is 2.38. The number of carbonyl (C=O) groups is 1. The lowest BCUT2D eigenvalue weighted by molar-refractivity contribution is 0.0725. The zero-order valence-electron chi connectivity index (χ0n) is 14.4. The van der Waals surface area contributed by atoms with E-state index in [1.54, 1.807) is 47.4 Å². The average molecular weight is 349 g/mol. The Balaban J connectivity index is 1.97. The number of phenols is 1. The first kappa shape index (κ1) is 16.4. The van der Waals surface area contributed by atoms with Crippen LogP contribution in [0.1, 0.15) is 47.5 Å². The van der Waals surface area contributed by atoms with Gasteiger partial charge >= 0.3 is 0 Å². The van der Waals surface area contributed by atoms with Crippen molar-refractivity contribution in [2.45, 2.75) is 25.8 Å². The summed E-state index contributed by atoms with van der Waals surface area (Å²) in [7, 11) is 0. The lowest BCUT2D eigenvalue weighted by Gasteiger charge is -2.25. The molecule has 0 unspecified atom stereocenters. The molecule has 132 valence electrons. The van der Waals surface area contributed by atoms with Gasteiger partial charge in [0.1, 0.15) is 11.3 Å². The zero-order chi connectivity index (χ0) is 18.3.